The topological polar surface area (TPSA) is 68.5 Å². The summed E-state index contributed by atoms with van der Waals surface area (Å²) in [6, 6.07) is 5.57. The standard InChI is InChI=1S/C17H18ClNO4/c1-2-23-15(20)9-19-14-7-6-10(17(21)22)8-12(14)11-4-3-5-13(18)16(11)19/h3-5,10H,2,6-9H2,1H3,(H,21,22). The Morgan fingerprint density at radius 2 is 2.22 bits per heavy atom. The number of aromatic nitrogens is 1. The van der Waals surface area contributed by atoms with Gasteiger partial charge in [0, 0.05) is 11.1 Å². The van der Waals surface area contributed by atoms with Crippen molar-refractivity contribution in [3.8, 4) is 0 Å². The zero-order valence-corrected chi connectivity index (χ0v) is 13.6. The van der Waals surface area contributed by atoms with E-state index in [-0.39, 0.29) is 18.4 Å². The molecule has 0 amide bonds. The maximum Gasteiger partial charge on any atom is 0.325 e. The first-order valence-electron chi connectivity index (χ1n) is 7.69. The van der Waals surface area contributed by atoms with Crippen molar-refractivity contribution < 1.29 is 19.4 Å². The van der Waals surface area contributed by atoms with Crippen LogP contribution in [0.4, 0.5) is 0 Å². The van der Waals surface area contributed by atoms with Crippen LogP contribution in [0.25, 0.3) is 10.9 Å². The van der Waals surface area contributed by atoms with Gasteiger partial charge in [-0.1, -0.05) is 23.7 Å². The number of halogens is 1. The normalized spacial score (nSPS) is 17.0. The predicted octanol–water partition coefficient (Wildman–Crippen LogP) is 3.05. The SMILES string of the molecule is CCOC(=O)Cn1c2c(c3cccc(Cl)c31)CC(C(=O)O)CC2. The number of carboxylic acid groups (broad SMARTS) is 1. The van der Waals surface area contributed by atoms with Crippen LogP contribution in [-0.2, 0) is 33.7 Å². The zero-order valence-electron chi connectivity index (χ0n) is 12.8. The zero-order chi connectivity index (χ0) is 16.6. The van der Waals surface area contributed by atoms with Crippen molar-refractivity contribution in [2.24, 2.45) is 5.92 Å². The number of esters is 1. The highest BCUT2D eigenvalue weighted by molar-refractivity contribution is 6.35. The van der Waals surface area contributed by atoms with E-state index in [1.165, 1.54) is 0 Å². The van der Waals surface area contributed by atoms with Crippen LogP contribution in [0.3, 0.4) is 0 Å². The van der Waals surface area contributed by atoms with Gasteiger partial charge < -0.3 is 14.4 Å². The second-order valence-electron chi connectivity index (χ2n) is 5.73. The Morgan fingerprint density at radius 3 is 2.91 bits per heavy atom. The molecule has 0 bridgehead atoms. The van der Waals surface area contributed by atoms with Crippen LogP contribution in [-0.4, -0.2) is 28.2 Å². The van der Waals surface area contributed by atoms with E-state index >= 15 is 0 Å². The Balaban J connectivity index is 2.12. The molecule has 1 heterocycles. The van der Waals surface area contributed by atoms with Gasteiger partial charge in [-0.25, -0.2) is 0 Å². The Kier molecular flexibility index (Phi) is 4.31. The summed E-state index contributed by atoms with van der Waals surface area (Å²) in [5.74, 6) is -1.47. The first-order valence-corrected chi connectivity index (χ1v) is 8.07. The number of nitrogens with zero attached hydrogens (tertiary/aromatic N) is 1. The Bertz CT molecular complexity index is 780. The van der Waals surface area contributed by atoms with Crippen molar-refractivity contribution in [1.82, 2.24) is 4.57 Å². The second-order valence-corrected chi connectivity index (χ2v) is 6.14. The average Bonchev–Trinajstić information content (AvgIpc) is 2.82. The summed E-state index contributed by atoms with van der Waals surface area (Å²) >= 11 is 6.35. The molecule has 122 valence electrons. The highest BCUT2D eigenvalue weighted by atomic mass is 35.5. The van der Waals surface area contributed by atoms with Crippen molar-refractivity contribution in [3.63, 3.8) is 0 Å². The number of aliphatic carboxylic acids is 1. The Hall–Kier alpha value is -2.01. The summed E-state index contributed by atoms with van der Waals surface area (Å²) in [6.45, 7) is 2.20. The fourth-order valence-electron chi connectivity index (χ4n) is 3.38. The minimum Gasteiger partial charge on any atom is -0.481 e. The van der Waals surface area contributed by atoms with E-state index < -0.39 is 5.97 Å². The number of hydrogen-bond acceptors (Lipinski definition) is 3. The van der Waals surface area contributed by atoms with Gasteiger partial charge in [-0.15, -0.1) is 0 Å². The minimum absolute atomic E-state index is 0.0984. The molecule has 1 aromatic heterocycles. The summed E-state index contributed by atoms with van der Waals surface area (Å²) in [7, 11) is 0. The molecule has 3 rings (SSSR count). The van der Waals surface area contributed by atoms with Crippen LogP contribution in [0, 0.1) is 5.92 Å². The van der Waals surface area contributed by atoms with Gasteiger partial charge >= 0.3 is 11.9 Å². The fraction of sp³-hybridized carbons (Fsp3) is 0.412. The van der Waals surface area contributed by atoms with Gasteiger partial charge in [0.15, 0.2) is 0 Å². The van der Waals surface area contributed by atoms with Crippen LogP contribution < -0.4 is 0 Å². The number of fused-ring (bicyclic) bond motifs is 3. The summed E-state index contributed by atoms with van der Waals surface area (Å²) in [5.41, 5.74) is 2.78. The molecule has 0 fully saturated rings. The van der Waals surface area contributed by atoms with E-state index in [1.54, 1.807) is 13.0 Å². The smallest absolute Gasteiger partial charge is 0.325 e. The predicted molar refractivity (Wildman–Crippen MR) is 86.7 cm³/mol. The van der Waals surface area contributed by atoms with E-state index in [0.29, 0.717) is 30.9 Å². The average molecular weight is 336 g/mol. The van der Waals surface area contributed by atoms with Crippen LogP contribution >= 0.6 is 11.6 Å². The lowest BCUT2D eigenvalue weighted by molar-refractivity contribution is -0.144. The summed E-state index contributed by atoms with van der Waals surface area (Å²) in [6.07, 6.45) is 1.66. The number of benzene rings is 1. The lowest BCUT2D eigenvalue weighted by Crippen LogP contribution is -2.24. The Morgan fingerprint density at radius 1 is 1.43 bits per heavy atom. The molecule has 1 aliphatic rings. The van der Waals surface area contributed by atoms with Gasteiger partial charge in [0.1, 0.15) is 6.54 Å². The molecule has 1 unspecified atom stereocenters. The van der Waals surface area contributed by atoms with E-state index in [2.05, 4.69) is 0 Å². The maximum absolute atomic E-state index is 11.9. The minimum atomic E-state index is -0.774. The van der Waals surface area contributed by atoms with E-state index in [0.717, 1.165) is 22.2 Å². The van der Waals surface area contributed by atoms with Gasteiger partial charge in [0.05, 0.1) is 23.1 Å². The summed E-state index contributed by atoms with van der Waals surface area (Å²) in [5, 5.41) is 10.8. The number of rotatable bonds is 4. The molecule has 0 saturated heterocycles. The van der Waals surface area contributed by atoms with Gasteiger partial charge in [-0.2, -0.15) is 0 Å². The number of para-hydroxylation sites is 1. The number of carbonyl (C=O) groups is 2. The molecular weight excluding hydrogens is 318 g/mol. The molecule has 6 heteroatoms. The Labute approximate surface area is 138 Å². The monoisotopic (exact) mass is 335 g/mol. The lowest BCUT2D eigenvalue weighted by atomic mass is 9.86. The highest BCUT2D eigenvalue weighted by Gasteiger charge is 2.30. The highest BCUT2D eigenvalue weighted by Crippen LogP contribution is 2.37. The van der Waals surface area contributed by atoms with Gasteiger partial charge in [-0.3, -0.25) is 9.59 Å². The number of hydrogen-bond donors (Lipinski definition) is 1. The quantitative estimate of drug-likeness (QED) is 0.872. The molecule has 1 aromatic carbocycles. The second kappa shape index (κ2) is 6.24. The van der Waals surface area contributed by atoms with E-state index in [4.69, 9.17) is 16.3 Å². The summed E-state index contributed by atoms with van der Waals surface area (Å²) < 4.78 is 6.95. The molecule has 1 atom stereocenters. The molecule has 23 heavy (non-hydrogen) atoms. The van der Waals surface area contributed by atoms with E-state index in [1.807, 2.05) is 16.7 Å². The third-order valence-electron chi connectivity index (χ3n) is 4.38. The number of carbonyl (C=O) groups excluding carboxylic acids is 1. The molecule has 5 nitrogen and oxygen atoms in total. The van der Waals surface area contributed by atoms with Crippen molar-refractivity contribution in [3.05, 3.63) is 34.5 Å². The fourth-order valence-corrected chi connectivity index (χ4v) is 3.66. The van der Waals surface area contributed by atoms with E-state index in [9.17, 15) is 14.7 Å². The molecule has 1 aliphatic carbocycles. The maximum atomic E-state index is 11.9. The molecular formula is C17H18ClNO4. The van der Waals surface area contributed by atoms with Crippen molar-refractivity contribution >= 4 is 34.4 Å². The molecule has 0 aliphatic heterocycles. The molecule has 0 radical (unpaired) electrons. The molecule has 2 aromatic rings. The lowest BCUT2D eigenvalue weighted by Gasteiger charge is -2.20. The third-order valence-corrected chi connectivity index (χ3v) is 4.68. The van der Waals surface area contributed by atoms with Crippen molar-refractivity contribution in [2.45, 2.75) is 32.7 Å². The molecule has 0 saturated carbocycles. The first-order chi connectivity index (χ1) is 11.0. The van der Waals surface area contributed by atoms with Crippen molar-refractivity contribution in [2.75, 3.05) is 6.61 Å². The number of carboxylic acids is 1. The van der Waals surface area contributed by atoms with Crippen molar-refractivity contribution in [1.29, 1.82) is 0 Å². The third kappa shape index (κ3) is 2.81. The van der Waals surface area contributed by atoms with Crippen LogP contribution in [0.5, 0.6) is 0 Å². The first kappa shape index (κ1) is 15.9. The van der Waals surface area contributed by atoms with Crippen LogP contribution in [0.15, 0.2) is 18.2 Å². The largest absolute Gasteiger partial charge is 0.481 e. The van der Waals surface area contributed by atoms with Crippen LogP contribution in [0.2, 0.25) is 5.02 Å². The van der Waals surface area contributed by atoms with Gasteiger partial charge in [-0.05, 0) is 37.8 Å². The van der Waals surface area contributed by atoms with Crippen LogP contribution in [0.1, 0.15) is 24.6 Å². The summed E-state index contributed by atoms with van der Waals surface area (Å²) in [4.78, 5) is 23.3. The molecule has 0 spiro atoms. The molecule has 1 N–H and O–H groups in total. The van der Waals surface area contributed by atoms with Gasteiger partial charge in [0.25, 0.3) is 0 Å². The van der Waals surface area contributed by atoms with Gasteiger partial charge in [0.2, 0.25) is 0 Å². The number of ether oxygens (including phenoxy) is 1.